The number of pyridine rings is 1. The number of aryl methyl sites for hydroxylation is 1. The van der Waals surface area contributed by atoms with E-state index in [0.717, 1.165) is 110 Å². The van der Waals surface area contributed by atoms with Gasteiger partial charge in [0.25, 0.3) is 0 Å². The molecule has 3 fully saturated rings. The minimum Gasteiger partial charge on any atom is -0.474 e. The fraction of sp³-hybridized carbons (Fsp3) is 0.490. The second-order valence-corrected chi connectivity index (χ2v) is 19.2. The van der Waals surface area contributed by atoms with E-state index in [1.807, 2.05) is 51.8 Å². The zero-order valence-corrected chi connectivity index (χ0v) is 38.1. The van der Waals surface area contributed by atoms with Crippen LogP contribution in [0.1, 0.15) is 99.2 Å². The molecule has 0 aliphatic carbocycles. The van der Waals surface area contributed by atoms with Crippen LogP contribution in [0.3, 0.4) is 0 Å². The molecule has 5 aromatic rings. The van der Waals surface area contributed by atoms with Crippen molar-refractivity contribution in [2.45, 2.75) is 103 Å². The number of nitrogens with one attached hydrogen (secondary N) is 2. The Kier molecular flexibility index (Phi) is 11.3. The molecule has 8 heterocycles. The van der Waals surface area contributed by atoms with Crippen LogP contribution in [0, 0.1) is 6.92 Å². The van der Waals surface area contributed by atoms with Crippen molar-refractivity contribution in [1.29, 1.82) is 0 Å². The van der Waals surface area contributed by atoms with E-state index in [2.05, 4.69) is 77.8 Å². The third kappa shape index (κ3) is 8.55. The molecule has 0 bridgehead atoms. The van der Waals surface area contributed by atoms with E-state index in [0.29, 0.717) is 62.0 Å². The molecule has 0 radical (unpaired) electrons. The number of amides is 3. The standard InChI is InChI=1S/C49H59N11O5/c1-30-40(28-50-46-43(30)60(25-26-64-46)48(63)65-49(2,3)4)59-22-17-32-27-51-47(53-39(32)29-59)52-33-9-11-34(12-10-33)58-23-18-35(19-24-58)57-20-15-31(16-21-57)36-7-6-8-37-42(55-56(5)44(36)37)38-13-14-41(61)54-45(38)62/h6-12,27-28,31,35,38H,13-26,29H2,1-5H3,(H,51,52,53)(H,54,61,62). The lowest BCUT2D eigenvalue weighted by Gasteiger charge is -2.42. The summed E-state index contributed by atoms with van der Waals surface area (Å²) in [5.41, 5.74) is 9.35. The zero-order valence-electron chi connectivity index (χ0n) is 38.1. The fourth-order valence-electron chi connectivity index (χ4n) is 10.6. The Morgan fingerprint density at radius 2 is 1.68 bits per heavy atom. The number of piperidine rings is 3. The molecule has 3 aromatic heterocycles. The van der Waals surface area contributed by atoms with E-state index in [4.69, 9.17) is 19.6 Å². The van der Waals surface area contributed by atoms with Crippen molar-refractivity contribution in [3.63, 3.8) is 0 Å². The maximum atomic E-state index is 13.2. The number of rotatable bonds is 7. The van der Waals surface area contributed by atoms with E-state index in [9.17, 15) is 14.4 Å². The van der Waals surface area contributed by atoms with Gasteiger partial charge >= 0.3 is 6.09 Å². The Morgan fingerprint density at radius 3 is 2.43 bits per heavy atom. The number of ether oxygens (including phenoxy) is 2. The van der Waals surface area contributed by atoms with Crippen LogP contribution in [-0.4, -0.2) is 105 Å². The van der Waals surface area contributed by atoms with Crippen LogP contribution < -0.4 is 30.1 Å². The first-order valence-electron chi connectivity index (χ1n) is 23.2. The van der Waals surface area contributed by atoms with E-state index in [1.54, 1.807) is 4.90 Å². The summed E-state index contributed by atoms with van der Waals surface area (Å²) in [6, 6.07) is 15.6. The van der Waals surface area contributed by atoms with E-state index < -0.39 is 17.6 Å². The van der Waals surface area contributed by atoms with Crippen molar-refractivity contribution in [2.24, 2.45) is 7.05 Å². The summed E-state index contributed by atoms with van der Waals surface area (Å²) < 4.78 is 13.6. The van der Waals surface area contributed by atoms with Crippen molar-refractivity contribution in [2.75, 3.05) is 65.9 Å². The molecule has 1 atom stereocenters. The minimum absolute atomic E-state index is 0.204. The summed E-state index contributed by atoms with van der Waals surface area (Å²) in [5.74, 6) is 0.598. The van der Waals surface area contributed by atoms with Crippen molar-refractivity contribution >= 4 is 57.5 Å². The lowest BCUT2D eigenvalue weighted by Crippen LogP contribution is -2.47. The van der Waals surface area contributed by atoms with Crippen molar-refractivity contribution in [3.05, 3.63) is 82.9 Å². The Balaban J connectivity index is 0.732. The van der Waals surface area contributed by atoms with Crippen LogP contribution in [0.25, 0.3) is 10.9 Å². The van der Waals surface area contributed by atoms with Crippen LogP contribution in [-0.2, 0) is 34.3 Å². The van der Waals surface area contributed by atoms with Crippen molar-refractivity contribution < 1.29 is 23.9 Å². The number of imide groups is 1. The number of likely N-dealkylation sites (tertiary alicyclic amines) is 1. The third-order valence-electron chi connectivity index (χ3n) is 13.9. The van der Waals surface area contributed by atoms with Gasteiger partial charge in [0.15, 0.2) is 0 Å². The number of benzene rings is 2. The molecule has 16 nitrogen and oxygen atoms in total. The Morgan fingerprint density at radius 1 is 0.892 bits per heavy atom. The van der Waals surface area contributed by atoms with E-state index in [-0.39, 0.29) is 11.8 Å². The first kappa shape index (κ1) is 42.6. The first-order valence-corrected chi connectivity index (χ1v) is 23.2. The van der Waals surface area contributed by atoms with Gasteiger partial charge in [0.05, 0.1) is 47.8 Å². The molecule has 2 aromatic carbocycles. The van der Waals surface area contributed by atoms with Gasteiger partial charge < -0.3 is 29.5 Å². The smallest absolute Gasteiger partial charge is 0.415 e. The summed E-state index contributed by atoms with van der Waals surface area (Å²) in [4.78, 5) is 61.2. The average molecular weight is 882 g/mol. The van der Waals surface area contributed by atoms with Crippen LogP contribution in [0.4, 0.5) is 33.5 Å². The molecule has 3 amide bonds. The lowest BCUT2D eigenvalue weighted by atomic mass is 9.85. The monoisotopic (exact) mass is 881 g/mol. The maximum Gasteiger partial charge on any atom is 0.415 e. The number of fused-ring (bicyclic) bond motifs is 3. The SMILES string of the molecule is Cc1c(N2CCc3cnc(Nc4ccc(N5CCC(N6CCC(c7cccc8c(C9CCC(=O)NC9=O)nn(C)c78)CC6)CC5)cc4)nc3C2)cnc2c1N(C(=O)OC(C)(C)C)CCO2. The Bertz CT molecular complexity index is 2630. The summed E-state index contributed by atoms with van der Waals surface area (Å²) in [6.45, 7) is 13.9. The molecule has 16 heteroatoms. The highest BCUT2D eigenvalue weighted by molar-refractivity contribution is 6.02. The van der Waals surface area contributed by atoms with E-state index in [1.165, 1.54) is 11.3 Å². The van der Waals surface area contributed by atoms with Gasteiger partial charge in [-0.15, -0.1) is 0 Å². The number of carbonyl (C=O) groups excluding carboxylic acids is 3. The maximum absolute atomic E-state index is 13.2. The van der Waals surface area contributed by atoms with Crippen LogP contribution >= 0.6 is 0 Å². The van der Waals surface area contributed by atoms with Gasteiger partial charge in [0.2, 0.25) is 23.6 Å². The lowest BCUT2D eigenvalue weighted by molar-refractivity contribution is -0.134. The number of hydrogen-bond acceptors (Lipinski definition) is 13. The number of nitrogens with zero attached hydrogens (tertiary/aromatic N) is 9. The first-order chi connectivity index (χ1) is 31.4. The number of anilines is 5. The normalized spacial score (nSPS) is 20.0. The molecule has 0 saturated carbocycles. The predicted octanol–water partition coefficient (Wildman–Crippen LogP) is 6.88. The van der Waals surface area contributed by atoms with Crippen LogP contribution in [0.2, 0.25) is 0 Å². The fourth-order valence-corrected chi connectivity index (χ4v) is 10.6. The summed E-state index contributed by atoms with van der Waals surface area (Å²) >= 11 is 0. The highest BCUT2D eigenvalue weighted by Crippen LogP contribution is 2.41. The molecule has 0 spiro atoms. The van der Waals surface area contributed by atoms with Gasteiger partial charge in [-0.1, -0.05) is 18.2 Å². The van der Waals surface area contributed by atoms with Crippen LogP contribution in [0.5, 0.6) is 5.88 Å². The zero-order chi connectivity index (χ0) is 45.0. The largest absolute Gasteiger partial charge is 0.474 e. The minimum atomic E-state index is -0.617. The molecule has 10 rings (SSSR count). The average Bonchev–Trinajstić information content (AvgIpc) is 3.64. The van der Waals surface area contributed by atoms with Gasteiger partial charge in [-0.2, -0.15) is 5.10 Å². The number of carbonyl (C=O) groups is 3. The molecule has 1 unspecified atom stereocenters. The van der Waals surface area contributed by atoms with Crippen LogP contribution in [0.15, 0.2) is 54.9 Å². The van der Waals surface area contributed by atoms with Crippen molar-refractivity contribution in [3.8, 4) is 5.88 Å². The third-order valence-corrected chi connectivity index (χ3v) is 13.9. The van der Waals surface area contributed by atoms with Gasteiger partial charge in [-0.3, -0.25) is 24.5 Å². The van der Waals surface area contributed by atoms with Gasteiger partial charge in [0, 0.05) is 67.7 Å². The molecular weight excluding hydrogens is 823 g/mol. The molecule has 2 N–H and O–H groups in total. The molecule has 5 aliphatic rings. The number of para-hydroxylation sites is 1. The molecule has 340 valence electrons. The Hall–Kier alpha value is -6.29. The van der Waals surface area contributed by atoms with Gasteiger partial charge in [-0.25, -0.2) is 19.7 Å². The topological polar surface area (TPSA) is 163 Å². The molecule has 3 saturated heterocycles. The van der Waals surface area contributed by atoms with Gasteiger partial charge in [0.1, 0.15) is 17.9 Å². The second-order valence-electron chi connectivity index (χ2n) is 19.2. The summed E-state index contributed by atoms with van der Waals surface area (Å²) in [6.07, 6.45) is 9.46. The van der Waals surface area contributed by atoms with E-state index >= 15 is 0 Å². The highest BCUT2D eigenvalue weighted by Gasteiger charge is 2.35. The number of aromatic nitrogens is 5. The second kappa shape index (κ2) is 17.3. The summed E-state index contributed by atoms with van der Waals surface area (Å²) in [7, 11) is 1.98. The number of hydrogen-bond donors (Lipinski definition) is 2. The molecule has 5 aliphatic heterocycles. The summed E-state index contributed by atoms with van der Waals surface area (Å²) in [5, 5.41) is 11.8. The Labute approximate surface area is 379 Å². The quantitative estimate of drug-likeness (QED) is 0.163. The molecule has 65 heavy (non-hydrogen) atoms. The van der Waals surface area contributed by atoms with Crippen molar-refractivity contribution in [1.82, 2.24) is 34.9 Å². The van der Waals surface area contributed by atoms with Gasteiger partial charge in [-0.05, 0) is 121 Å². The highest BCUT2D eigenvalue weighted by atomic mass is 16.6. The predicted molar refractivity (Wildman–Crippen MR) is 249 cm³/mol. The molecular formula is C49H59N11O5.